The van der Waals surface area contributed by atoms with Crippen LogP contribution in [0.2, 0.25) is 5.02 Å². The lowest BCUT2D eigenvalue weighted by Crippen LogP contribution is -2.36. The van der Waals surface area contributed by atoms with Gasteiger partial charge in [0, 0.05) is 5.02 Å². The summed E-state index contributed by atoms with van der Waals surface area (Å²) >= 11 is 5.94. The molecule has 0 unspecified atom stereocenters. The van der Waals surface area contributed by atoms with E-state index in [1.807, 2.05) is 6.07 Å². The van der Waals surface area contributed by atoms with Crippen molar-refractivity contribution >= 4 is 34.8 Å². The van der Waals surface area contributed by atoms with Gasteiger partial charge in [-0.3, -0.25) is 14.5 Å². The number of nitrogens with zero attached hydrogens (tertiary/aromatic N) is 2. The van der Waals surface area contributed by atoms with Crippen molar-refractivity contribution in [3.05, 3.63) is 53.1 Å². The van der Waals surface area contributed by atoms with Crippen molar-refractivity contribution in [2.75, 3.05) is 37.9 Å². The van der Waals surface area contributed by atoms with E-state index in [1.54, 1.807) is 54.4 Å². The number of ether oxygens (including phenoxy) is 1. The third-order valence-corrected chi connectivity index (χ3v) is 3.82. The highest BCUT2D eigenvalue weighted by atomic mass is 35.5. The second-order valence-electron chi connectivity index (χ2n) is 5.77. The lowest BCUT2D eigenvalue weighted by Gasteiger charge is -2.17. The number of amides is 2. The van der Waals surface area contributed by atoms with E-state index in [2.05, 4.69) is 10.6 Å². The number of hydrogen-bond acceptors (Lipinski definition) is 5. The van der Waals surface area contributed by atoms with Crippen LogP contribution in [0.4, 0.5) is 11.4 Å². The summed E-state index contributed by atoms with van der Waals surface area (Å²) in [6, 6.07) is 13.6. The zero-order valence-electron chi connectivity index (χ0n) is 15.0. The Balaban J connectivity index is 1.90. The maximum absolute atomic E-state index is 12.2. The Labute approximate surface area is 162 Å². The third kappa shape index (κ3) is 5.99. The first-order chi connectivity index (χ1) is 12.9. The van der Waals surface area contributed by atoms with Gasteiger partial charge in [0.2, 0.25) is 11.8 Å². The van der Waals surface area contributed by atoms with Gasteiger partial charge in [0.05, 0.1) is 37.1 Å². The van der Waals surface area contributed by atoms with Crippen molar-refractivity contribution in [3.63, 3.8) is 0 Å². The molecule has 0 atom stereocenters. The molecule has 27 heavy (non-hydrogen) atoms. The van der Waals surface area contributed by atoms with E-state index in [0.717, 1.165) is 0 Å². The van der Waals surface area contributed by atoms with Gasteiger partial charge >= 0.3 is 0 Å². The number of likely N-dealkylation sites (N-methyl/N-ethyl adjacent to an activating group) is 1. The van der Waals surface area contributed by atoms with E-state index in [4.69, 9.17) is 21.6 Å². The molecule has 0 fully saturated rings. The number of methoxy groups -OCH3 is 1. The van der Waals surface area contributed by atoms with E-state index < -0.39 is 0 Å². The molecule has 8 heteroatoms. The summed E-state index contributed by atoms with van der Waals surface area (Å²) in [6.07, 6.45) is 0. The number of hydrogen-bond donors (Lipinski definition) is 2. The summed E-state index contributed by atoms with van der Waals surface area (Å²) in [6.45, 7) is -0.0250. The quantitative estimate of drug-likeness (QED) is 0.763. The van der Waals surface area contributed by atoms with Crippen LogP contribution in [0.15, 0.2) is 42.5 Å². The van der Waals surface area contributed by atoms with Crippen molar-refractivity contribution in [1.29, 1.82) is 5.26 Å². The predicted molar refractivity (Wildman–Crippen MR) is 104 cm³/mol. The van der Waals surface area contributed by atoms with Crippen molar-refractivity contribution in [2.45, 2.75) is 0 Å². The molecule has 2 rings (SSSR count). The van der Waals surface area contributed by atoms with Gasteiger partial charge in [-0.15, -0.1) is 0 Å². The van der Waals surface area contributed by atoms with Crippen LogP contribution in [-0.4, -0.2) is 44.0 Å². The number of nitriles is 1. The maximum Gasteiger partial charge on any atom is 0.238 e. The van der Waals surface area contributed by atoms with Crippen LogP contribution >= 0.6 is 11.6 Å². The van der Waals surface area contributed by atoms with E-state index in [9.17, 15) is 9.59 Å². The van der Waals surface area contributed by atoms with Crippen molar-refractivity contribution < 1.29 is 14.3 Å². The molecule has 0 spiro atoms. The van der Waals surface area contributed by atoms with E-state index in [1.165, 1.54) is 7.11 Å². The van der Waals surface area contributed by atoms with Crippen molar-refractivity contribution in [1.82, 2.24) is 4.90 Å². The Morgan fingerprint density at radius 1 is 1.11 bits per heavy atom. The summed E-state index contributed by atoms with van der Waals surface area (Å²) in [5.74, 6) is -0.155. The molecule has 0 aromatic heterocycles. The minimum atomic E-state index is -0.326. The number of para-hydroxylation sites is 1. The summed E-state index contributed by atoms with van der Waals surface area (Å²) in [7, 11) is 3.14. The van der Waals surface area contributed by atoms with Crippen LogP contribution < -0.4 is 15.4 Å². The molecule has 0 radical (unpaired) electrons. The first-order valence-electron chi connectivity index (χ1n) is 8.04. The summed E-state index contributed by atoms with van der Waals surface area (Å²) < 4.78 is 5.18. The van der Waals surface area contributed by atoms with Crippen LogP contribution in [0.3, 0.4) is 0 Å². The van der Waals surface area contributed by atoms with Gasteiger partial charge < -0.3 is 15.4 Å². The van der Waals surface area contributed by atoms with Crippen LogP contribution in [0.5, 0.6) is 5.75 Å². The van der Waals surface area contributed by atoms with Crippen LogP contribution in [0.25, 0.3) is 0 Å². The highest BCUT2D eigenvalue weighted by Gasteiger charge is 2.14. The highest BCUT2D eigenvalue weighted by molar-refractivity contribution is 6.31. The molecule has 0 bridgehead atoms. The van der Waals surface area contributed by atoms with Crippen molar-refractivity contribution in [2.24, 2.45) is 0 Å². The van der Waals surface area contributed by atoms with Crippen molar-refractivity contribution in [3.8, 4) is 11.8 Å². The molecule has 2 aromatic rings. The molecule has 2 amide bonds. The Morgan fingerprint density at radius 3 is 2.37 bits per heavy atom. The Kier molecular flexibility index (Phi) is 7.17. The van der Waals surface area contributed by atoms with Gasteiger partial charge in [0.1, 0.15) is 11.8 Å². The smallest absolute Gasteiger partial charge is 0.238 e. The standard InChI is InChI=1S/C19H19ClN4O3/c1-24(11-18(25)22-15-6-4-3-5-13(15)10-21)12-19(26)23-16-9-14(20)7-8-17(16)27-2/h3-9H,11-12H2,1-2H3,(H,22,25)(H,23,26). The van der Waals surface area contributed by atoms with Crippen LogP contribution in [-0.2, 0) is 9.59 Å². The fourth-order valence-corrected chi connectivity index (χ4v) is 2.57. The molecule has 0 aliphatic carbocycles. The van der Waals surface area contributed by atoms with Gasteiger partial charge in [-0.1, -0.05) is 23.7 Å². The minimum Gasteiger partial charge on any atom is -0.495 e. The second-order valence-corrected chi connectivity index (χ2v) is 6.21. The molecular weight excluding hydrogens is 368 g/mol. The van der Waals surface area contributed by atoms with Gasteiger partial charge in [0.25, 0.3) is 0 Å². The lowest BCUT2D eigenvalue weighted by atomic mass is 10.2. The predicted octanol–water partition coefficient (Wildman–Crippen LogP) is 2.73. The molecule has 0 saturated carbocycles. The lowest BCUT2D eigenvalue weighted by molar-refractivity contribution is -0.119. The molecule has 140 valence electrons. The molecular formula is C19H19ClN4O3. The van der Waals surface area contributed by atoms with Crippen LogP contribution in [0, 0.1) is 11.3 Å². The topological polar surface area (TPSA) is 94.5 Å². The maximum atomic E-state index is 12.2. The molecule has 2 N–H and O–H groups in total. The average molecular weight is 387 g/mol. The number of carbonyl (C=O) groups is 2. The summed E-state index contributed by atoms with van der Waals surface area (Å²) in [4.78, 5) is 25.9. The Bertz CT molecular complexity index is 879. The second kappa shape index (κ2) is 9.57. The number of carbonyl (C=O) groups excluding carboxylic acids is 2. The molecule has 2 aromatic carbocycles. The van der Waals surface area contributed by atoms with E-state index in [0.29, 0.717) is 27.7 Å². The van der Waals surface area contributed by atoms with Gasteiger partial charge in [-0.25, -0.2) is 0 Å². The zero-order chi connectivity index (χ0) is 19.8. The first-order valence-corrected chi connectivity index (χ1v) is 8.41. The largest absolute Gasteiger partial charge is 0.495 e. The highest BCUT2D eigenvalue weighted by Crippen LogP contribution is 2.27. The number of benzene rings is 2. The van der Waals surface area contributed by atoms with Gasteiger partial charge in [-0.05, 0) is 37.4 Å². The molecule has 7 nitrogen and oxygen atoms in total. The van der Waals surface area contributed by atoms with Crippen LogP contribution in [0.1, 0.15) is 5.56 Å². The molecule has 0 saturated heterocycles. The Hall–Kier alpha value is -3.08. The number of nitrogens with one attached hydrogen (secondary N) is 2. The van der Waals surface area contributed by atoms with Gasteiger partial charge in [-0.2, -0.15) is 5.26 Å². The minimum absolute atomic E-state index is 0.0109. The average Bonchev–Trinajstić information content (AvgIpc) is 2.62. The molecule has 0 heterocycles. The fraction of sp³-hybridized carbons (Fsp3) is 0.211. The fourth-order valence-electron chi connectivity index (χ4n) is 2.39. The van der Waals surface area contributed by atoms with E-state index >= 15 is 0 Å². The number of anilines is 2. The SMILES string of the molecule is COc1ccc(Cl)cc1NC(=O)CN(C)CC(=O)Nc1ccccc1C#N. The van der Waals surface area contributed by atoms with E-state index in [-0.39, 0.29) is 24.9 Å². The third-order valence-electron chi connectivity index (χ3n) is 3.58. The molecule has 0 aliphatic heterocycles. The normalized spacial score (nSPS) is 10.2. The number of rotatable bonds is 7. The Morgan fingerprint density at radius 2 is 1.74 bits per heavy atom. The monoisotopic (exact) mass is 386 g/mol. The summed E-state index contributed by atoms with van der Waals surface area (Å²) in [5, 5.41) is 14.9. The van der Waals surface area contributed by atoms with Gasteiger partial charge in [0.15, 0.2) is 0 Å². The number of halogens is 1. The zero-order valence-corrected chi connectivity index (χ0v) is 15.7. The molecule has 0 aliphatic rings. The summed E-state index contributed by atoms with van der Waals surface area (Å²) in [5.41, 5.74) is 1.27. The first kappa shape index (κ1) is 20.2.